The van der Waals surface area contributed by atoms with E-state index in [1.54, 1.807) is 6.92 Å². The third kappa shape index (κ3) is 2.34. The molecule has 4 nitrogen and oxygen atoms in total. The number of carbonyl (C=O) groups excluding carboxylic acids is 1. The van der Waals surface area contributed by atoms with Crippen LogP contribution in [-0.2, 0) is 4.74 Å². The molecule has 0 aliphatic rings. The molecule has 0 unspecified atom stereocenters. The molecule has 5 heteroatoms. The SMILES string of the molecule is COC(=O)c1sc(-c2cccc(C)n2)nc1C. The zero-order valence-electron chi connectivity index (χ0n) is 9.85. The number of thiazole rings is 1. The summed E-state index contributed by atoms with van der Waals surface area (Å²) in [7, 11) is 1.37. The number of carbonyl (C=O) groups is 1. The van der Waals surface area contributed by atoms with Crippen LogP contribution in [0, 0.1) is 13.8 Å². The van der Waals surface area contributed by atoms with Crippen LogP contribution in [0.15, 0.2) is 18.2 Å². The maximum absolute atomic E-state index is 11.5. The Hall–Kier alpha value is -1.75. The highest BCUT2D eigenvalue weighted by Crippen LogP contribution is 2.27. The van der Waals surface area contributed by atoms with Crippen molar-refractivity contribution in [3.8, 4) is 10.7 Å². The molecular formula is C12H12N2O2S. The lowest BCUT2D eigenvalue weighted by molar-refractivity contribution is 0.0605. The molecule has 2 aromatic heterocycles. The zero-order valence-corrected chi connectivity index (χ0v) is 10.7. The van der Waals surface area contributed by atoms with Crippen molar-refractivity contribution < 1.29 is 9.53 Å². The number of rotatable bonds is 2. The summed E-state index contributed by atoms with van der Waals surface area (Å²) in [6.07, 6.45) is 0. The van der Waals surface area contributed by atoms with E-state index in [0.29, 0.717) is 10.6 Å². The minimum absolute atomic E-state index is 0.348. The van der Waals surface area contributed by atoms with Crippen molar-refractivity contribution in [2.24, 2.45) is 0 Å². The fourth-order valence-electron chi connectivity index (χ4n) is 1.45. The molecule has 0 fully saturated rings. The van der Waals surface area contributed by atoms with Crippen molar-refractivity contribution in [2.45, 2.75) is 13.8 Å². The van der Waals surface area contributed by atoms with Crippen molar-refractivity contribution in [3.05, 3.63) is 34.5 Å². The largest absolute Gasteiger partial charge is 0.465 e. The second kappa shape index (κ2) is 4.63. The summed E-state index contributed by atoms with van der Waals surface area (Å²) in [4.78, 5) is 20.7. The number of aryl methyl sites for hydroxylation is 2. The summed E-state index contributed by atoms with van der Waals surface area (Å²) in [5, 5.41) is 0.742. The number of pyridine rings is 1. The number of hydrogen-bond donors (Lipinski definition) is 0. The summed E-state index contributed by atoms with van der Waals surface area (Å²) in [6, 6.07) is 5.73. The molecular weight excluding hydrogens is 236 g/mol. The van der Waals surface area contributed by atoms with Gasteiger partial charge >= 0.3 is 5.97 Å². The minimum atomic E-state index is -0.348. The van der Waals surface area contributed by atoms with Crippen molar-refractivity contribution in [2.75, 3.05) is 7.11 Å². The van der Waals surface area contributed by atoms with Crippen LogP contribution in [0.4, 0.5) is 0 Å². The Bertz CT molecular complexity index is 563. The van der Waals surface area contributed by atoms with E-state index in [0.717, 1.165) is 16.4 Å². The molecule has 0 N–H and O–H groups in total. The van der Waals surface area contributed by atoms with Gasteiger partial charge in [0.2, 0.25) is 0 Å². The van der Waals surface area contributed by atoms with Gasteiger partial charge in [-0.3, -0.25) is 4.98 Å². The molecule has 0 saturated heterocycles. The quantitative estimate of drug-likeness (QED) is 0.766. The van der Waals surface area contributed by atoms with E-state index >= 15 is 0 Å². The third-order valence-corrected chi connectivity index (χ3v) is 3.43. The lowest BCUT2D eigenvalue weighted by Crippen LogP contribution is -1.99. The number of esters is 1. The molecule has 0 amide bonds. The number of aromatic nitrogens is 2. The predicted octanol–water partition coefficient (Wildman–Crippen LogP) is 2.61. The molecule has 0 aliphatic carbocycles. The first-order chi connectivity index (χ1) is 8.11. The zero-order chi connectivity index (χ0) is 12.4. The summed E-state index contributed by atoms with van der Waals surface area (Å²) >= 11 is 1.31. The smallest absolute Gasteiger partial charge is 0.349 e. The van der Waals surface area contributed by atoms with Crippen molar-refractivity contribution >= 4 is 17.3 Å². The molecule has 0 bridgehead atoms. The van der Waals surface area contributed by atoms with Gasteiger partial charge in [-0.05, 0) is 26.0 Å². The Morgan fingerprint density at radius 2 is 2.06 bits per heavy atom. The van der Waals surface area contributed by atoms with Gasteiger partial charge in [-0.25, -0.2) is 9.78 Å². The Labute approximate surface area is 103 Å². The van der Waals surface area contributed by atoms with Crippen LogP contribution in [0.1, 0.15) is 21.1 Å². The van der Waals surface area contributed by atoms with Crippen LogP contribution >= 0.6 is 11.3 Å². The number of ether oxygens (including phenoxy) is 1. The fourth-order valence-corrected chi connectivity index (χ4v) is 2.40. The van der Waals surface area contributed by atoms with Crippen molar-refractivity contribution in [3.63, 3.8) is 0 Å². The molecule has 0 spiro atoms. The lowest BCUT2D eigenvalue weighted by Gasteiger charge is -1.96. The van der Waals surface area contributed by atoms with Gasteiger partial charge in [0.15, 0.2) is 0 Å². The van der Waals surface area contributed by atoms with E-state index in [4.69, 9.17) is 4.74 Å². The first-order valence-electron chi connectivity index (χ1n) is 5.11. The van der Waals surface area contributed by atoms with Crippen LogP contribution in [0.5, 0.6) is 0 Å². The minimum Gasteiger partial charge on any atom is -0.465 e. The molecule has 0 atom stereocenters. The topological polar surface area (TPSA) is 52.1 Å². The normalized spacial score (nSPS) is 10.3. The van der Waals surface area contributed by atoms with Crippen LogP contribution in [0.3, 0.4) is 0 Å². The fraction of sp³-hybridized carbons (Fsp3) is 0.250. The van der Waals surface area contributed by atoms with E-state index in [-0.39, 0.29) is 5.97 Å². The molecule has 2 aromatic rings. The highest BCUT2D eigenvalue weighted by Gasteiger charge is 2.16. The summed E-state index contributed by atoms with van der Waals surface area (Å²) in [5.41, 5.74) is 2.39. The average Bonchev–Trinajstić information content (AvgIpc) is 2.70. The highest BCUT2D eigenvalue weighted by atomic mass is 32.1. The van der Waals surface area contributed by atoms with E-state index in [2.05, 4.69) is 9.97 Å². The average molecular weight is 248 g/mol. The summed E-state index contributed by atoms with van der Waals surface area (Å²) < 4.78 is 4.70. The molecule has 2 rings (SSSR count). The van der Waals surface area contributed by atoms with Crippen LogP contribution in [0.2, 0.25) is 0 Å². The summed E-state index contributed by atoms with van der Waals surface area (Å²) in [6.45, 7) is 3.72. The monoisotopic (exact) mass is 248 g/mol. The van der Waals surface area contributed by atoms with E-state index in [1.165, 1.54) is 18.4 Å². The summed E-state index contributed by atoms with van der Waals surface area (Å²) in [5.74, 6) is -0.348. The number of nitrogens with zero attached hydrogens (tertiary/aromatic N) is 2. The maximum atomic E-state index is 11.5. The molecule has 88 valence electrons. The van der Waals surface area contributed by atoms with E-state index < -0.39 is 0 Å². The first kappa shape index (κ1) is 11.7. The van der Waals surface area contributed by atoms with Crippen LogP contribution < -0.4 is 0 Å². The van der Waals surface area contributed by atoms with Gasteiger partial charge in [-0.1, -0.05) is 6.07 Å². The predicted molar refractivity (Wildman–Crippen MR) is 66.2 cm³/mol. The van der Waals surface area contributed by atoms with E-state index in [1.807, 2.05) is 25.1 Å². The molecule has 17 heavy (non-hydrogen) atoms. The Morgan fingerprint density at radius 1 is 1.29 bits per heavy atom. The molecule has 2 heterocycles. The van der Waals surface area contributed by atoms with Gasteiger partial charge < -0.3 is 4.74 Å². The first-order valence-corrected chi connectivity index (χ1v) is 5.93. The third-order valence-electron chi connectivity index (χ3n) is 2.27. The lowest BCUT2D eigenvalue weighted by atomic mass is 10.3. The Morgan fingerprint density at radius 3 is 2.71 bits per heavy atom. The van der Waals surface area contributed by atoms with E-state index in [9.17, 15) is 4.79 Å². The Balaban J connectivity index is 2.44. The standard InChI is InChI=1S/C12H12N2O2S/c1-7-5-4-6-9(13-7)11-14-8(2)10(17-11)12(15)16-3/h4-6H,1-3H3. The number of hydrogen-bond acceptors (Lipinski definition) is 5. The van der Waals surface area contributed by atoms with Gasteiger partial charge in [0, 0.05) is 5.69 Å². The Kier molecular flexibility index (Phi) is 3.19. The van der Waals surface area contributed by atoms with Crippen LogP contribution in [0.25, 0.3) is 10.7 Å². The molecule has 0 saturated carbocycles. The van der Waals surface area contributed by atoms with Crippen LogP contribution in [-0.4, -0.2) is 23.0 Å². The second-order valence-electron chi connectivity index (χ2n) is 3.59. The molecule has 0 aromatic carbocycles. The van der Waals surface area contributed by atoms with Gasteiger partial charge in [0.25, 0.3) is 0 Å². The van der Waals surface area contributed by atoms with Crippen molar-refractivity contribution in [1.82, 2.24) is 9.97 Å². The highest BCUT2D eigenvalue weighted by molar-refractivity contribution is 7.17. The molecule has 0 radical (unpaired) electrons. The number of methoxy groups -OCH3 is 1. The molecule has 0 aliphatic heterocycles. The second-order valence-corrected chi connectivity index (χ2v) is 4.59. The maximum Gasteiger partial charge on any atom is 0.349 e. The van der Waals surface area contributed by atoms with Gasteiger partial charge in [-0.15, -0.1) is 11.3 Å². The van der Waals surface area contributed by atoms with Crippen molar-refractivity contribution in [1.29, 1.82) is 0 Å². The van der Waals surface area contributed by atoms with Gasteiger partial charge in [0.05, 0.1) is 18.5 Å². The van der Waals surface area contributed by atoms with Gasteiger partial charge in [-0.2, -0.15) is 0 Å². The van der Waals surface area contributed by atoms with Gasteiger partial charge in [0.1, 0.15) is 9.88 Å².